The third kappa shape index (κ3) is 6.03. The number of aryl methyl sites for hydroxylation is 2. The van der Waals surface area contributed by atoms with E-state index in [2.05, 4.69) is 20.6 Å². The third-order valence-electron chi connectivity index (χ3n) is 4.22. The molecule has 7 nitrogen and oxygen atoms in total. The molecule has 0 unspecified atom stereocenters. The van der Waals surface area contributed by atoms with Gasteiger partial charge < -0.3 is 15.4 Å². The Hall–Kier alpha value is -2.45. The number of carbonyl (C=O) groups is 2. The van der Waals surface area contributed by atoms with E-state index in [1.54, 1.807) is 31.4 Å². The van der Waals surface area contributed by atoms with Gasteiger partial charge in [0.2, 0.25) is 5.91 Å². The Morgan fingerprint density at radius 1 is 1.14 bits per heavy atom. The molecule has 28 heavy (non-hydrogen) atoms. The van der Waals surface area contributed by atoms with Crippen LogP contribution in [0.2, 0.25) is 0 Å². The number of para-hydroxylation sites is 1. The van der Waals surface area contributed by atoms with Gasteiger partial charge in [0.1, 0.15) is 0 Å². The van der Waals surface area contributed by atoms with Gasteiger partial charge in [0.15, 0.2) is 5.16 Å². The average molecular weight is 403 g/mol. The lowest BCUT2D eigenvalue weighted by Gasteiger charge is -2.12. The summed E-state index contributed by atoms with van der Waals surface area (Å²) in [6.07, 6.45) is 2.76. The minimum atomic E-state index is -0.249. The summed E-state index contributed by atoms with van der Waals surface area (Å²) in [6, 6.07) is 6.94. The van der Waals surface area contributed by atoms with Crippen molar-refractivity contribution in [2.75, 3.05) is 31.8 Å². The number of amides is 2. The number of anilines is 1. The largest absolute Gasteiger partial charge is 0.383 e. The first-order valence-corrected chi connectivity index (χ1v) is 10.2. The van der Waals surface area contributed by atoms with E-state index in [-0.39, 0.29) is 18.2 Å². The molecule has 0 aliphatic heterocycles. The molecule has 1 aromatic heterocycles. The fraction of sp³-hybridized carbons (Fsp3) is 0.400. The van der Waals surface area contributed by atoms with Gasteiger partial charge in [-0.3, -0.25) is 9.59 Å². The smallest absolute Gasteiger partial charge is 0.253 e. The Kier molecular flexibility index (Phi) is 8.41. The third-order valence-corrected chi connectivity index (χ3v) is 4.77. The normalized spacial score (nSPS) is 10.6. The molecule has 2 amide bonds. The van der Waals surface area contributed by atoms with Gasteiger partial charge in [0.25, 0.3) is 5.91 Å². The van der Waals surface area contributed by atoms with Gasteiger partial charge in [-0.1, -0.05) is 23.9 Å². The number of hydrogen-bond donors (Lipinski definition) is 2. The maximum atomic E-state index is 12.5. The van der Waals surface area contributed by atoms with E-state index in [0.717, 1.165) is 22.1 Å². The topological polar surface area (TPSA) is 93.2 Å². The van der Waals surface area contributed by atoms with Gasteiger partial charge in [-0.2, -0.15) is 0 Å². The number of hydrogen-bond acceptors (Lipinski definition) is 6. The minimum Gasteiger partial charge on any atom is -0.383 e. The van der Waals surface area contributed by atoms with Crippen molar-refractivity contribution in [3.8, 4) is 0 Å². The highest BCUT2D eigenvalue weighted by molar-refractivity contribution is 7.98. The van der Waals surface area contributed by atoms with Gasteiger partial charge in [-0.15, -0.1) is 0 Å². The van der Waals surface area contributed by atoms with Crippen molar-refractivity contribution in [3.63, 3.8) is 0 Å². The van der Waals surface area contributed by atoms with E-state index in [9.17, 15) is 9.59 Å². The number of carbonyl (C=O) groups excluding carboxylic acids is 2. The molecule has 1 heterocycles. The Morgan fingerprint density at radius 3 is 2.46 bits per heavy atom. The fourth-order valence-electron chi connectivity index (χ4n) is 2.76. The summed E-state index contributed by atoms with van der Waals surface area (Å²) in [4.78, 5) is 33.7. The number of ether oxygens (including phenoxy) is 1. The summed E-state index contributed by atoms with van der Waals surface area (Å²) in [6.45, 7) is 4.70. The number of aromatic nitrogens is 2. The molecule has 0 radical (unpaired) electrons. The van der Waals surface area contributed by atoms with Gasteiger partial charge >= 0.3 is 0 Å². The first-order chi connectivity index (χ1) is 13.5. The van der Waals surface area contributed by atoms with Crippen LogP contribution in [-0.2, 0) is 16.0 Å². The summed E-state index contributed by atoms with van der Waals surface area (Å²) < 4.78 is 4.93. The predicted octanol–water partition coefficient (Wildman–Crippen LogP) is 2.76. The van der Waals surface area contributed by atoms with Crippen molar-refractivity contribution in [2.24, 2.45) is 0 Å². The van der Waals surface area contributed by atoms with Crippen LogP contribution in [0.25, 0.3) is 0 Å². The van der Waals surface area contributed by atoms with Crippen LogP contribution in [0.1, 0.15) is 33.7 Å². The van der Waals surface area contributed by atoms with Crippen LogP contribution in [0, 0.1) is 13.8 Å². The maximum Gasteiger partial charge on any atom is 0.253 e. The maximum absolute atomic E-state index is 12.5. The lowest BCUT2D eigenvalue weighted by Crippen LogP contribution is -2.28. The number of thioether (sulfide) groups is 1. The number of rotatable bonds is 9. The molecule has 2 rings (SSSR count). The summed E-state index contributed by atoms with van der Waals surface area (Å²) in [5.74, 6) is -0.412. The van der Waals surface area contributed by atoms with Crippen molar-refractivity contribution in [3.05, 3.63) is 46.8 Å². The molecule has 0 saturated heterocycles. The number of methoxy groups -OCH3 is 1. The van der Waals surface area contributed by atoms with Crippen molar-refractivity contribution in [1.29, 1.82) is 0 Å². The van der Waals surface area contributed by atoms with E-state index >= 15 is 0 Å². The number of benzene rings is 1. The molecule has 0 aliphatic rings. The molecule has 2 N–H and O–H groups in total. The predicted molar refractivity (Wildman–Crippen MR) is 111 cm³/mol. The molecule has 8 heteroatoms. The summed E-state index contributed by atoms with van der Waals surface area (Å²) in [7, 11) is 1.57. The zero-order valence-corrected chi connectivity index (χ0v) is 17.5. The van der Waals surface area contributed by atoms with Gasteiger partial charge in [0.05, 0.1) is 17.9 Å². The van der Waals surface area contributed by atoms with Gasteiger partial charge in [-0.25, -0.2) is 9.97 Å². The summed E-state index contributed by atoms with van der Waals surface area (Å²) in [5.41, 5.74) is 3.68. The van der Waals surface area contributed by atoms with E-state index < -0.39 is 0 Å². The summed E-state index contributed by atoms with van der Waals surface area (Å²) >= 11 is 1.50. The van der Waals surface area contributed by atoms with Crippen molar-refractivity contribution in [2.45, 2.75) is 31.8 Å². The fourth-order valence-corrected chi connectivity index (χ4v) is 3.22. The quantitative estimate of drug-likeness (QED) is 0.381. The Labute approximate surface area is 169 Å². The van der Waals surface area contributed by atoms with Crippen LogP contribution in [0.15, 0.2) is 29.4 Å². The molecule has 0 atom stereocenters. The van der Waals surface area contributed by atoms with E-state index in [0.29, 0.717) is 30.8 Å². The van der Waals surface area contributed by atoms with Crippen molar-refractivity contribution < 1.29 is 14.3 Å². The Morgan fingerprint density at radius 2 is 1.82 bits per heavy atom. The molecule has 0 bridgehead atoms. The molecule has 0 aliphatic carbocycles. The second-order valence-electron chi connectivity index (χ2n) is 6.20. The molecular weight excluding hydrogens is 376 g/mol. The van der Waals surface area contributed by atoms with E-state index in [1.807, 2.05) is 20.1 Å². The van der Waals surface area contributed by atoms with E-state index in [4.69, 9.17) is 4.74 Å². The zero-order chi connectivity index (χ0) is 20.5. The molecular formula is C20H26N4O3S. The number of nitrogens with one attached hydrogen (secondary N) is 2. The molecule has 2 aromatic rings. The van der Waals surface area contributed by atoms with Crippen LogP contribution in [0.5, 0.6) is 0 Å². The second-order valence-corrected chi connectivity index (χ2v) is 6.98. The van der Waals surface area contributed by atoms with Gasteiger partial charge in [-0.05, 0) is 44.2 Å². The van der Waals surface area contributed by atoms with Crippen molar-refractivity contribution in [1.82, 2.24) is 15.3 Å². The average Bonchev–Trinajstić information content (AvgIpc) is 2.67. The van der Waals surface area contributed by atoms with Crippen LogP contribution < -0.4 is 10.6 Å². The SMILES string of the molecule is COCCNC(=O)c1ccccc1NC(=O)CCc1c(C)nc(SC)nc1C. The van der Waals surface area contributed by atoms with Crippen LogP contribution in [0.4, 0.5) is 5.69 Å². The van der Waals surface area contributed by atoms with Crippen LogP contribution >= 0.6 is 11.8 Å². The lowest BCUT2D eigenvalue weighted by molar-refractivity contribution is -0.116. The highest BCUT2D eigenvalue weighted by Crippen LogP contribution is 2.19. The summed E-state index contributed by atoms with van der Waals surface area (Å²) in [5, 5.41) is 6.33. The molecule has 1 aromatic carbocycles. The molecule has 150 valence electrons. The lowest BCUT2D eigenvalue weighted by atomic mass is 10.1. The molecule has 0 saturated carbocycles. The Balaban J connectivity index is 2.01. The zero-order valence-electron chi connectivity index (χ0n) is 16.7. The van der Waals surface area contributed by atoms with E-state index in [1.165, 1.54) is 11.8 Å². The highest BCUT2D eigenvalue weighted by atomic mass is 32.2. The van der Waals surface area contributed by atoms with Gasteiger partial charge in [0, 0.05) is 31.5 Å². The number of nitrogens with zero attached hydrogens (tertiary/aromatic N) is 2. The Bertz CT molecular complexity index is 819. The van der Waals surface area contributed by atoms with Crippen LogP contribution in [-0.4, -0.2) is 48.3 Å². The first-order valence-electron chi connectivity index (χ1n) is 9.00. The van der Waals surface area contributed by atoms with Crippen LogP contribution in [0.3, 0.4) is 0 Å². The molecule has 0 spiro atoms. The molecule has 0 fully saturated rings. The minimum absolute atomic E-state index is 0.162. The monoisotopic (exact) mass is 402 g/mol. The standard InChI is InChI=1S/C20H26N4O3S/c1-13-15(14(2)23-20(22-13)28-4)9-10-18(25)24-17-8-6-5-7-16(17)19(26)21-11-12-27-3/h5-8H,9-12H2,1-4H3,(H,21,26)(H,24,25). The first kappa shape index (κ1) is 21.8. The second kappa shape index (κ2) is 10.8. The highest BCUT2D eigenvalue weighted by Gasteiger charge is 2.14. The van der Waals surface area contributed by atoms with Crippen molar-refractivity contribution >= 4 is 29.3 Å².